The van der Waals surface area contributed by atoms with Crippen LogP contribution >= 0.6 is 0 Å². The van der Waals surface area contributed by atoms with E-state index in [1.807, 2.05) is 6.92 Å². The molecule has 0 atom stereocenters. The molecule has 0 aromatic heterocycles. The second kappa shape index (κ2) is 9.45. The molecule has 35 heavy (non-hydrogen) atoms. The number of ether oxygens (including phenoxy) is 1. The van der Waals surface area contributed by atoms with Gasteiger partial charge in [-0.2, -0.15) is 13.2 Å². The Hall–Kier alpha value is -3.20. The molecule has 2 aromatic rings. The van der Waals surface area contributed by atoms with Gasteiger partial charge in [-0.25, -0.2) is 9.69 Å². The standard InChI is InChI=1S/C26H27F3N2O4/c1-3-17-18(23(33)35-2)9-10-20-22(17)25(12-14-30-15-13-25)24(34)31(20)21(32)11-8-16-6-4-5-7-19(16)26(27,28)29/h4-7,9-10,30H,3,8,11-15H2,1-2H3. The molecule has 2 aliphatic heterocycles. The minimum absolute atomic E-state index is 0.00656. The number of fused-ring (bicyclic) bond motifs is 2. The molecule has 0 radical (unpaired) electrons. The molecule has 1 saturated heterocycles. The highest BCUT2D eigenvalue weighted by Gasteiger charge is 2.54. The van der Waals surface area contributed by atoms with E-state index in [9.17, 15) is 27.6 Å². The molecule has 0 unspecified atom stereocenters. The number of rotatable bonds is 5. The van der Waals surface area contributed by atoms with Crippen molar-refractivity contribution >= 4 is 23.5 Å². The lowest BCUT2D eigenvalue weighted by Gasteiger charge is -2.34. The van der Waals surface area contributed by atoms with Gasteiger partial charge in [-0.1, -0.05) is 25.1 Å². The molecule has 2 aromatic carbocycles. The number of anilines is 1. The lowest BCUT2D eigenvalue weighted by atomic mass is 9.71. The first-order valence-electron chi connectivity index (χ1n) is 11.6. The van der Waals surface area contributed by atoms with Crippen molar-refractivity contribution in [2.45, 2.75) is 50.6 Å². The number of imide groups is 1. The zero-order valence-corrected chi connectivity index (χ0v) is 19.6. The lowest BCUT2D eigenvalue weighted by Crippen LogP contribution is -2.49. The maximum absolute atomic E-state index is 13.8. The summed E-state index contributed by atoms with van der Waals surface area (Å²) in [5.41, 5.74) is 0.359. The van der Waals surface area contributed by atoms with Crippen molar-refractivity contribution in [2.24, 2.45) is 0 Å². The van der Waals surface area contributed by atoms with E-state index in [1.54, 1.807) is 12.1 Å². The van der Waals surface area contributed by atoms with Crippen molar-refractivity contribution in [1.29, 1.82) is 0 Å². The second-order valence-electron chi connectivity index (χ2n) is 8.85. The van der Waals surface area contributed by atoms with Crippen LogP contribution in [0, 0.1) is 0 Å². The van der Waals surface area contributed by atoms with Gasteiger partial charge in [0.2, 0.25) is 11.8 Å². The van der Waals surface area contributed by atoms with Crippen molar-refractivity contribution in [3.05, 3.63) is 64.2 Å². The summed E-state index contributed by atoms with van der Waals surface area (Å²) in [6.45, 7) is 3.01. The molecule has 2 amide bonds. The number of alkyl halides is 3. The van der Waals surface area contributed by atoms with Gasteiger partial charge >= 0.3 is 12.1 Å². The lowest BCUT2D eigenvalue weighted by molar-refractivity contribution is -0.138. The molecule has 0 bridgehead atoms. The largest absolute Gasteiger partial charge is 0.465 e. The highest BCUT2D eigenvalue weighted by atomic mass is 19.4. The predicted octanol–water partition coefficient (Wildman–Crippen LogP) is 4.18. The second-order valence-corrected chi connectivity index (χ2v) is 8.85. The fourth-order valence-electron chi connectivity index (χ4n) is 5.39. The molecule has 2 aliphatic rings. The molecular formula is C26H27F3N2O4. The summed E-state index contributed by atoms with van der Waals surface area (Å²) < 4.78 is 45.1. The van der Waals surface area contributed by atoms with Gasteiger partial charge in [0, 0.05) is 6.42 Å². The number of hydrogen-bond donors (Lipinski definition) is 1. The van der Waals surface area contributed by atoms with E-state index >= 15 is 0 Å². The van der Waals surface area contributed by atoms with Gasteiger partial charge in [0.1, 0.15) is 0 Å². The van der Waals surface area contributed by atoms with Gasteiger partial charge < -0.3 is 10.1 Å². The summed E-state index contributed by atoms with van der Waals surface area (Å²) in [5.74, 6) is -1.45. The van der Waals surface area contributed by atoms with Gasteiger partial charge in [0.05, 0.1) is 29.3 Å². The number of benzene rings is 2. The van der Waals surface area contributed by atoms with Crippen LogP contribution in [0.3, 0.4) is 0 Å². The highest BCUT2D eigenvalue weighted by molar-refractivity contribution is 6.23. The average molecular weight is 489 g/mol. The van der Waals surface area contributed by atoms with Crippen LogP contribution in [0.25, 0.3) is 0 Å². The molecule has 9 heteroatoms. The van der Waals surface area contributed by atoms with Gasteiger partial charge in [0.25, 0.3) is 0 Å². The number of aryl methyl sites for hydroxylation is 1. The number of amides is 2. The van der Waals surface area contributed by atoms with Crippen molar-refractivity contribution < 1.29 is 32.3 Å². The van der Waals surface area contributed by atoms with E-state index < -0.39 is 29.0 Å². The van der Waals surface area contributed by atoms with Crippen LogP contribution in [-0.4, -0.2) is 38.0 Å². The van der Waals surface area contributed by atoms with Crippen molar-refractivity contribution in [3.63, 3.8) is 0 Å². The number of hydrogen-bond acceptors (Lipinski definition) is 5. The fraction of sp³-hybridized carbons (Fsp3) is 0.423. The van der Waals surface area contributed by atoms with Gasteiger partial charge in [-0.3, -0.25) is 9.59 Å². The molecule has 1 fully saturated rings. The summed E-state index contributed by atoms with van der Waals surface area (Å²) in [6.07, 6.45) is -3.57. The first kappa shape index (κ1) is 24.9. The average Bonchev–Trinajstić information content (AvgIpc) is 3.09. The number of carbonyl (C=O) groups excluding carboxylic acids is 3. The van der Waals surface area contributed by atoms with Crippen LogP contribution in [0.5, 0.6) is 0 Å². The zero-order valence-electron chi connectivity index (χ0n) is 19.6. The molecule has 0 aliphatic carbocycles. The number of methoxy groups -OCH3 is 1. The van der Waals surface area contributed by atoms with E-state index in [-0.39, 0.29) is 24.3 Å². The smallest absolute Gasteiger partial charge is 0.416 e. The molecule has 0 saturated carbocycles. The Bertz CT molecular complexity index is 1170. The van der Waals surface area contributed by atoms with E-state index in [0.29, 0.717) is 54.7 Å². The van der Waals surface area contributed by atoms with Crippen molar-refractivity contribution in [3.8, 4) is 0 Å². The molecule has 6 nitrogen and oxygen atoms in total. The first-order chi connectivity index (χ1) is 16.7. The zero-order chi connectivity index (χ0) is 25.4. The van der Waals surface area contributed by atoms with Gasteiger partial charge in [-0.15, -0.1) is 0 Å². The molecule has 186 valence electrons. The van der Waals surface area contributed by atoms with E-state index in [1.165, 1.54) is 25.3 Å². The Labute approximate surface area is 201 Å². The quantitative estimate of drug-likeness (QED) is 0.639. The number of carbonyl (C=O) groups is 3. The Morgan fingerprint density at radius 2 is 1.80 bits per heavy atom. The molecular weight excluding hydrogens is 461 g/mol. The van der Waals surface area contributed by atoms with Crippen molar-refractivity contribution in [1.82, 2.24) is 5.32 Å². The van der Waals surface area contributed by atoms with Gasteiger partial charge in [-0.05, 0) is 73.7 Å². The van der Waals surface area contributed by atoms with E-state index in [0.717, 1.165) is 11.0 Å². The van der Waals surface area contributed by atoms with E-state index in [4.69, 9.17) is 4.74 Å². The van der Waals surface area contributed by atoms with Crippen LogP contribution in [0.1, 0.15) is 58.8 Å². The monoisotopic (exact) mass is 488 g/mol. The molecule has 1 spiro atoms. The fourth-order valence-corrected chi connectivity index (χ4v) is 5.39. The third kappa shape index (κ3) is 4.22. The number of esters is 1. The maximum atomic E-state index is 13.8. The minimum Gasteiger partial charge on any atom is -0.465 e. The number of halogens is 3. The molecule has 1 N–H and O–H groups in total. The number of piperidine rings is 1. The molecule has 4 rings (SSSR count). The summed E-state index contributed by atoms with van der Waals surface area (Å²) in [5, 5.41) is 3.23. The maximum Gasteiger partial charge on any atom is 0.416 e. The van der Waals surface area contributed by atoms with Crippen molar-refractivity contribution in [2.75, 3.05) is 25.1 Å². The number of nitrogens with zero attached hydrogens (tertiary/aromatic N) is 1. The van der Waals surface area contributed by atoms with Gasteiger partial charge in [0.15, 0.2) is 0 Å². The number of nitrogens with one attached hydrogen (secondary N) is 1. The Balaban J connectivity index is 1.73. The minimum atomic E-state index is -4.53. The highest BCUT2D eigenvalue weighted by Crippen LogP contribution is 2.50. The van der Waals surface area contributed by atoms with Crippen LogP contribution in [-0.2, 0) is 38.8 Å². The van der Waals surface area contributed by atoms with Crippen LogP contribution in [0.15, 0.2) is 36.4 Å². The summed E-state index contributed by atoms with van der Waals surface area (Å²) in [7, 11) is 1.29. The van der Waals surface area contributed by atoms with Crippen LogP contribution in [0.4, 0.5) is 18.9 Å². The SMILES string of the molecule is CCc1c(C(=O)OC)ccc2c1C1(CCNCC1)C(=O)N2C(=O)CCc1ccccc1C(F)(F)F. The van der Waals surface area contributed by atoms with E-state index in [2.05, 4.69) is 5.32 Å². The molecule has 2 heterocycles. The van der Waals surface area contributed by atoms with Crippen LogP contribution in [0.2, 0.25) is 0 Å². The third-order valence-electron chi connectivity index (χ3n) is 7.02. The third-order valence-corrected chi connectivity index (χ3v) is 7.02. The predicted molar refractivity (Wildman–Crippen MR) is 123 cm³/mol. The van der Waals surface area contributed by atoms with Crippen LogP contribution < -0.4 is 10.2 Å². The first-order valence-corrected chi connectivity index (χ1v) is 11.6. The Kier molecular flexibility index (Phi) is 6.73. The normalized spacial score (nSPS) is 16.9. The Morgan fingerprint density at radius 3 is 2.43 bits per heavy atom. The summed E-state index contributed by atoms with van der Waals surface area (Å²) in [4.78, 5) is 40.8. The Morgan fingerprint density at radius 1 is 1.11 bits per heavy atom. The topological polar surface area (TPSA) is 75.7 Å². The summed E-state index contributed by atoms with van der Waals surface area (Å²) in [6, 6.07) is 8.27. The summed E-state index contributed by atoms with van der Waals surface area (Å²) >= 11 is 0.